The molecular formula is C17H21NO4. The van der Waals surface area contributed by atoms with Crippen LogP contribution in [0.15, 0.2) is 23.8 Å². The van der Waals surface area contributed by atoms with E-state index in [2.05, 4.69) is 5.32 Å². The minimum absolute atomic E-state index is 0.0945. The summed E-state index contributed by atoms with van der Waals surface area (Å²) in [4.78, 5) is 12.2. The summed E-state index contributed by atoms with van der Waals surface area (Å²) in [7, 11) is 0. The predicted octanol–water partition coefficient (Wildman–Crippen LogP) is 2.16. The summed E-state index contributed by atoms with van der Waals surface area (Å²) in [6, 6.07) is 5.69. The second-order valence-corrected chi connectivity index (χ2v) is 5.41. The smallest absolute Gasteiger partial charge is 0.250 e. The molecule has 22 heavy (non-hydrogen) atoms. The van der Waals surface area contributed by atoms with Crippen LogP contribution in [0.5, 0.6) is 11.5 Å². The van der Waals surface area contributed by atoms with Gasteiger partial charge in [0.2, 0.25) is 0 Å². The first-order valence-electron chi connectivity index (χ1n) is 7.77. The lowest BCUT2D eigenvalue weighted by atomic mass is 10.1. The minimum Gasteiger partial charge on any atom is -0.490 e. The highest BCUT2D eigenvalue weighted by atomic mass is 16.5. The van der Waals surface area contributed by atoms with Crippen LogP contribution < -0.4 is 14.8 Å². The number of carbonyl (C=O) groups is 1. The lowest BCUT2D eigenvalue weighted by Crippen LogP contribution is -2.34. The Morgan fingerprint density at radius 1 is 1.45 bits per heavy atom. The lowest BCUT2D eigenvalue weighted by Gasteiger charge is -2.20. The van der Waals surface area contributed by atoms with E-state index in [1.165, 1.54) is 0 Å². The minimum atomic E-state index is -0.0945. The lowest BCUT2D eigenvalue weighted by molar-refractivity contribution is -0.118. The van der Waals surface area contributed by atoms with Gasteiger partial charge in [-0.2, -0.15) is 0 Å². The van der Waals surface area contributed by atoms with Crippen molar-refractivity contribution in [3.8, 4) is 11.5 Å². The summed E-state index contributed by atoms with van der Waals surface area (Å²) in [6.45, 7) is 4.12. The van der Waals surface area contributed by atoms with Crippen LogP contribution in [0.4, 0.5) is 0 Å². The molecule has 5 nitrogen and oxygen atoms in total. The van der Waals surface area contributed by atoms with Crippen LogP contribution in [0.25, 0.3) is 6.08 Å². The molecule has 3 rings (SSSR count). The molecule has 0 unspecified atom stereocenters. The van der Waals surface area contributed by atoms with Gasteiger partial charge in [0.15, 0.2) is 11.5 Å². The fourth-order valence-electron chi connectivity index (χ4n) is 2.71. The molecule has 5 heteroatoms. The molecule has 0 saturated carbocycles. The van der Waals surface area contributed by atoms with E-state index < -0.39 is 0 Å². The zero-order chi connectivity index (χ0) is 15.4. The van der Waals surface area contributed by atoms with Crippen molar-refractivity contribution >= 4 is 12.0 Å². The Bertz CT molecular complexity index is 576. The summed E-state index contributed by atoms with van der Waals surface area (Å²) in [5.41, 5.74) is 1.50. The van der Waals surface area contributed by atoms with E-state index in [4.69, 9.17) is 14.2 Å². The standard InChI is InChI=1S/C17H21NO4/c1-2-20-15-7-3-5-12-9-13(11-22-16(12)15)17(19)18-10-14-6-4-8-21-14/h3,5,7,9,14H,2,4,6,8,10-11H2,1H3,(H,18,19)/t14-/m1/s1. The van der Waals surface area contributed by atoms with Gasteiger partial charge in [-0.25, -0.2) is 0 Å². The van der Waals surface area contributed by atoms with Crippen molar-refractivity contribution in [3.05, 3.63) is 29.3 Å². The van der Waals surface area contributed by atoms with Gasteiger partial charge in [-0.1, -0.05) is 12.1 Å². The zero-order valence-electron chi connectivity index (χ0n) is 12.8. The number of para-hydroxylation sites is 1. The van der Waals surface area contributed by atoms with E-state index >= 15 is 0 Å². The van der Waals surface area contributed by atoms with E-state index in [1.54, 1.807) is 0 Å². The molecule has 2 aliphatic heterocycles. The second-order valence-electron chi connectivity index (χ2n) is 5.41. The average molecular weight is 303 g/mol. The van der Waals surface area contributed by atoms with Crippen LogP contribution in [0.2, 0.25) is 0 Å². The Morgan fingerprint density at radius 2 is 2.36 bits per heavy atom. The molecule has 0 bridgehead atoms. The number of hydrogen-bond donors (Lipinski definition) is 1. The van der Waals surface area contributed by atoms with Crippen molar-refractivity contribution in [2.45, 2.75) is 25.9 Å². The average Bonchev–Trinajstić information content (AvgIpc) is 3.06. The molecule has 0 spiro atoms. The van der Waals surface area contributed by atoms with Gasteiger partial charge < -0.3 is 19.5 Å². The molecule has 1 aromatic rings. The number of ether oxygens (including phenoxy) is 3. The van der Waals surface area contributed by atoms with Crippen molar-refractivity contribution < 1.29 is 19.0 Å². The Labute approximate surface area is 130 Å². The molecule has 1 amide bonds. The topological polar surface area (TPSA) is 56.8 Å². The highest BCUT2D eigenvalue weighted by Crippen LogP contribution is 2.35. The first kappa shape index (κ1) is 14.9. The third kappa shape index (κ3) is 3.25. The number of benzene rings is 1. The predicted molar refractivity (Wildman–Crippen MR) is 83.1 cm³/mol. The Hall–Kier alpha value is -2.01. The number of hydrogen-bond acceptors (Lipinski definition) is 4. The van der Waals surface area contributed by atoms with Gasteiger partial charge >= 0.3 is 0 Å². The molecule has 0 aliphatic carbocycles. The number of amides is 1. The molecule has 118 valence electrons. The maximum absolute atomic E-state index is 12.2. The summed E-state index contributed by atoms with van der Waals surface area (Å²) in [6.07, 6.45) is 4.09. The van der Waals surface area contributed by atoms with Gasteiger partial charge in [0.05, 0.1) is 18.3 Å². The summed E-state index contributed by atoms with van der Waals surface area (Å²) < 4.78 is 16.8. The first-order chi connectivity index (χ1) is 10.8. The van der Waals surface area contributed by atoms with Crippen LogP contribution in [-0.4, -0.2) is 38.4 Å². The number of fused-ring (bicyclic) bond motifs is 1. The largest absolute Gasteiger partial charge is 0.490 e. The van der Waals surface area contributed by atoms with Gasteiger partial charge in [0, 0.05) is 18.7 Å². The summed E-state index contributed by atoms with van der Waals surface area (Å²) in [5.74, 6) is 1.33. The number of carbonyl (C=O) groups excluding carboxylic acids is 1. The molecule has 0 aromatic heterocycles. The molecule has 1 saturated heterocycles. The summed E-state index contributed by atoms with van der Waals surface area (Å²) >= 11 is 0. The van der Waals surface area contributed by atoms with Gasteiger partial charge in [-0.05, 0) is 31.9 Å². The quantitative estimate of drug-likeness (QED) is 0.905. The monoisotopic (exact) mass is 303 g/mol. The fraction of sp³-hybridized carbons (Fsp3) is 0.471. The van der Waals surface area contributed by atoms with E-state index in [1.807, 2.05) is 31.2 Å². The molecule has 2 aliphatic rings. The van der Waals surface area contributed by atoms with Crippen molar-refractivity contribution in [2.24, 2.45) is 0 Å². The van der Waals surface area contributed by atoms with Crippen molar-refractivity contribution in [1.29, 1.82) is 0 Å². The zero-order valence-corrected chi connectivity index (χ0v) is 12.8. The first-order valence-corrected chi connectivity index (χ1v) is 7.77. The Morgan fingerprint density at radius 3 is 3.14 bits per heavy atom. The summed E-state index contributed by atoms with van der Waals surface area (Å²) in [5, 5.41) is 2.92. The van der Waals surface area contributed by atoms with Gasteiger partial charge in [0.1, 0.15) is 6.61 Å². The molecule has 1 atom stereocenters. The second kappa shape index (κ2) is 6.83. The van der Waals surface area contributed by atoms with Crippen molar-refractivity contribution in [1.82, 2.24) is 5.32 Å². The maximum Gasteiger partial charge on any atom is 0.250 e. The number of nitrogens with one attached hydrogen (secondary N) is 1. The van der Waals surface area contributed by atoms with Crippen LogP contribution in [0.3, 0.4) is 0 Å². The van der Waals surface area contributed by atoms with Crippen LogP contribution in [0.1, 0.15) is 25.3 Å². The third-order valence-corrected chi connectivity index (χ3v) is 3.82. The highest BCUT2D eigenvalue weighted by molar-refractivity contribution is 5.99. The molecule has 1 N–H and O–H groups in total. The van der Waals surface area contributed by atoms with Crippen LogP contribution in [-0.2, 0) is 9.53 Å². The van der Waals surface area contributed by atoms with Gasteiger partial charge in [-0.15, -0.1) is 0 Å². The molecular weight excluding hydrogens is 282 g/mol. The van der Waals surface area contributed by atoms with E-state index in [0.29, 0.717) is 24.5 Å². The maximum atomic E-state index is 12.2. The Balaban J connectivity index is 1.67. The third-order valence-electron chi connectivity index (χ3n) is 3.82. The Kier molecular flexibility index (Phi) is 4.63. The molecule has 0 radical (unpaired) electrons. The highest BCUT2D eigenvalue weighted by Gasteiger charge is 2.22. The van der Waals surface area contributed by atoms with Crippen LogP contribution in [0, 0.1) is 0 Å². The van der Waals surface area contributed by atoms with E-state index in [9.17, 15) is 4.79 Å². The van der Waals surface area contributed by atoms with E-state index in [-0.39, 0.29) is 18.6 Å². The van der Waals surface area contributed by atoms with Crippen molar-refractivity contribution in [3.63, 3.8) is 0 Å². The number of rotatable bonds is 5. The van der Waals surface area contributed by atoms with Gasteiger partial charge in [-0.3, -0.25) is 4.79 Å². The van der Waals surface area contributed by atoms with Gasteiger partial charge in [0.25, 0.3) is 5.91 Å². The fourth-order valence-corrected chi connectivity index (χ4v) is 2.71. The molecule has 2 heterocycles. The SMILES string of the molecule is CCOc1cccc2c1OCC(C(=O)NC[C@H]1CCCO1)=C2. The van der Waals surface area contributed by atoms with Crippen LogP contribution >= 0.6 is 0 Å². The van der Waals surface area contributed by atoms with Crippen molar-refractivity contribution in [2.75, 3.05) is 26.4 Å². The molecule has 1 aromatic carbocycles. The van der Waals surface area contributed by atoms with E-state index in [0.717, 1.165) is 30.8 Å². The molecule has 1 fully saturated rings. The normalized spacial score (nSPS) is 19.9.